The predicted octanol–water partition coefficient (Wildman–Crippen LogP) is 3.22. The van der Waals surface area contributed by atoms with Crippen LogP contribution in [0.25, 0.3) is 0 Å². The molecule has 2 heterocycles. The van der Waals surface area contributed by atoms with E-state index in [2.05, 4.69) is 0 Å². The van der Waals surface area contributed by atoms with Crippen LogP contribution in [0, 0.1) is 11.7 Å². The van der Waals surface area contributed by atoms with E-state index in [0.29, 0.717) is 39.1 Å². The van der Waals surface area contributed by atoms with Crippen molar-refractivity contribution in [3.63, 3.8) is 0 Å². The maximum absolute atomic E-state index is 13.6. The number of carbonyl (C=O) groups is 2. The van der Waals surface area contributed by atoms with Crippen molar-refractivity contribution in [1.29, 1.82) is 0 Å². The van der Waals surface area contributed by atoms with Crippen LogP contribution in [-0.4, -0.2) is 57.1 Å². The highest BCUT2D eigenvalue weighted by Crippen LogP contribution is 2.31. The van der Waals surface area contributed by atoms with Gasteiger partial charge in [0, 0.05) is 38.7 Å². The van der Waals surface area contributed by atoms with Crippen molar-refractivity contribution in [2.75, 3.05) is 36.9 Å². The summed E-state index contributed by atoms with van der Waals surface area (Å²) < 4.78 is 44.8. The second-order valence-corrected chi connectivity index (χ2v) is 11.0. The molecule has 7 nitrogen and oxygen atoms in total. The topological polar surface area (TPSA) is 84.0 Å². The summed E-state index contributed by atoms with van der Waals surface area (Å²) in [6.45, 7) is 3.54. The molecule has 2 amide bonds. The van der Waals surface area contributed by atoms with Gasteiger partial charge in [-0.25, -0.2) is 12.8 Å². The smallest absolute Gasteiger partial charge is 0.223 e. The standard InChI is InChI=1S/C25H29FN2O5S/c1-18(29)28-13-9-20-16-21(6-7-23(20)28)34(31,32)15-11-25(30)27-12-8-19(17-27)10-14-33-24-5-3-2-4-22(24)26/h2-7,16,19H,8-15,17H2,1H3. The van der Waals surface area contributed by atoms with Gasteiger partial charge < -0.3 is 14.5 Å². The number of anilines is 1. The van der Waals surface area contributed by atoms with Gasteiger partial charge in [0.2, 0.25) is 11.8 Å². The molecule has 0 radical (unpaired) electrons. The number of carbonyl (C=O) groups excluding carboxylic acids is 2. The average molecular weight is 489 g/mol. The van der Waals surface area contributed by atoms with Crippen molar-refractivity contribution in [3.8, 4) is 5.75 Å². The molecule has 34 heavy (non-hydrogen) atoms. The fourth-order valence-electron chi connectivity index (χ4n) is 4.59. The fourth-order valence-corrected chi connectivity index (χ4v) is 5.86. The third kappa shape index (κ3) is 5.41. The summed E-state index contributed by atoms with van der Waals surface area (Å²) in [4.78, 5) is 27.9. The molecule has 0 saturated carbocycles. The van der Waals surface area contributed by atoms with E-state index < -0.39 is 15.7 Å². The van der Waals surface area contributed by atoms with Crippen LogP contribution < -0.4 is 9.64 Å². The molecule has 2 aromatic rings. The Labute approximate surface area is 199 Å². The first-order valence-corrected chi connectivity index (χ1v) is 13.2. The number of ether oxygens (including phenoxy) is 1. The molecule has 182 valence electrons. The summed E-state index contributed by atoms with van der Waals surface area (Å²) >= 11 is 0. The third-order valence-electron chi connectivity index (χ3n) is 6.53. The van der Waals surface area contributed by atoms with Crippen molar-refractivity contribution >= 4 is 27.3 Å². The molecule has 1 fully saturated rings. The van der Waals surface area contributed by atoms with Gasteiger partial charge in [0.1, 0.15) is 0 Å². The SMILES string of the molecule is CC(=O)N1CCc2cc(S(=O)(=O)CCC(=O)N3CCC(CCOc4ccccc4F)C3)ccc21. The molecule has 2 aliphatic heterocycles. The van der Waals surface area contributed by atoms with Gasteiger partial charge in [-0.1, -0.05) is 12.1 Å². The fraction of sp³-hybridized carbons (Fsp3) is 0.440. The molecule has 2 aromatic carbocycles. The number of hydrogen-bond donors (Lipinski definition) is 0. The lowest BCUT2D eigenvalue weighted by molar-refractivity contribution is -0.129. The molecule has 0 bridgehead atoms. The Balaban J connectivity index is 1.26. The van der Waals surface area contributed by atoms with Crippen LogP contribution in [0.1, 0.15) is 31.7 Å². The van der Waals surface area contributed by atoms with Gasteiger partial charge in [-0.15, -0.1) is 0 Å². The number of fused-ring (bicyclic) bond motifs is 1. The lowest BCUT2D eigenvalue weighted by Crippen LogP contribution is -2.30. The zero-order chi connectivity index (χ0) is 24.3. The highest BCUT2D eigenvalue weighted by molar-refractivity contribution is 7.91. The summed E-state index contributed by atoms with van der Waals surface area (Å²) in [5.41, 5.74) is 1.59. The monoisotopic (exact) mass is 488 g/mol. The molecule has 9 heteroatoms. The Morgan fingerprint density at radius 2 is 1.94 bits per heavy atom. The number of sulfone groups is 1. The Morgan fingerprint density at radius 1 is 1.15 bits per heavy atom. The summed E-state index contributed by atoms with van der Waals surface area (Å²) in [5, 5.41) is 0. The van der Waals surface area contributed by atoms with Crippen molar-refractivity contribution < 1.29 is 27.1 Å². The number of para-hydroxylation sites is 1. The number of nitrogens with zero attached hydrogens (tertiary/aromatic N) is 2. The zero-order valence-corrected chi connectivity index (χ0v) is 20.0. The maximum Gasteiger partial charge on any atom is 0.223 e. The molecule has 2 aliphatic rings. The summed E-state index contributed by atoms with van der Waals surface area (Å²) in [5.74, 6) is -0.426. The van der Waals surface area contributed by atoms with Crippen molar-refractivity contribution in [3.05, 3.63) is 53.8 Å². The molecule has 4 rings (SSSR count). The van der Waals surface area contributed by atoms with Gasteiger partial charge in [-0.2, -0.15) is 0 Å². The third-order valence-corrected chi connectivity index (χ3v) is 8.24. The molecule has 1 unspecified atom stereocenters. The first-order chi connectivity index (χ1) is 16.2. The maximum atomic E-state index is 13.6. The summed E-state index contributed by atoms with van der Waals surface area (Å²) in [6, 6.07) is 11.1. The van der Waals surface area contributed by atoms with E-state index in [0.717, 1.165) is 17.7 Å². The van der Waals surface area contributed by atoms with Crippen LogP contribution in [0.3, 0.4) is 0 Å². The van der Waals surface area contributed by atoms with Gasteiger partial charge in [-0.3, -0.25) is 9.59 Å². The van der Waals surface area contributed by atoms with Crippen LogP contribution in [0.2, 0.25) is 0 Å². The number of amides is 2. The van der Waals surface area contributed by atoms with E-state index >= 15 is 0 Å². The Morgan fingerprint density at radius 3 is 2.71 bits per heavy atom. The lowest BCUT2D eigenvalue weighted by atomic mass is 10.1. The molecule has 1 saturated heterocycles. The number of hydrogen-bond acceptors (Lipinski definition) is 5. The normalized spacial score (nSPS) is 17.6. The molecular weight excluding hydrogens is 459 g/mol. The van der Waals surface area contributed by atoms with E-state index in [-0.39, 0.29) is 40.6 Å². The van der Waals surface area contributed by atoms with Gasteiger partial charge in [0.25, 0.3) is 0 Å². The molecule has 0 spiro atoms. The number of benzene rings is 2. The van der Waals surface area contributed by atoms with Crippen molar-refractivity contribution in [1.82, 2.24) is 4.90 Å². The first kappa shape index (κ1) is 24.2. The molecule has 1 atom stereocenters. The zero-order valence-electron chi connectivity index (χ0n) is 19.2. The van der Waals surface area contributed by atoms with Gasteiger partial charge in [-0.05, 0) is 61.1 Å². The van der Waals surface area contributed by atoms with Crippen molar-refractivity contribution in [2.45, 2.75) is 37.5 Å². The van der Waals surface area contributed by atoms with Gasteiger partial charge >= 0.3 is 0 Å². The van der Waals surface area contributed by atoms with E-state index in [4.69, 9.17) is 4.74 Å². The van der Waals surface area contributed by atoms with Crippen molar-refractivity contribution in [2.24, 2.45) is 5.92 Å². The van der Waals surface area contributed by atoms with Gasteiger partial charge in [0.15, 0.2) is 21.4 Å². The lowest BCUT2D eigenvalue weighted by Gasteiger charge is -2.17. The highest BCUT2D eigenvalue weighted by Gasteiger charge is 2.28. The quantitative estimate of drug-likeness (QED) is 0.570. The number of halogens is 1. The second kappa shape index (κ2) is 10.1. The Bertz CT molecular complexity index is 1180. The van der Waals surface area contributed by atoms with Crippen LogP contribution in [-0.2, 0) is 25.8 Å². The minimum atomic E-state index is -3.61. The minimum absolute atomic E-state index is 0.0670. The van der Waals surface area contributed by atoms with Crippen LogP contribution in [0.5, 0.6) is 5.75 Å². The van der Waals surface area contributed by atoms with Crippen LogP contribution >= 0.6 is 0 Å². The van der Waals surface area contributed by atoms with Gasteiger partial charge in [0.05, 0.1) is 17.3 Å². The summed E-state index contributed by atoms with van der Waals surface area (Å²) in [6.07, 6.45) is 2.06. The van der Waals surface area contributed by atoms with E-state index in [9.17, 15) is 22.4 Å². The Kier molecular flexibility index (Phi) is 7.21. The first-order valence-electron chi connectivity index (χ1n) is 11.5. The molecular formula is C25H29FN2O5S. The molecule has 0 aromatic heterocycles. The summed E-state index contributed by atoms with van der Waals surface area (Å²) in [7, 11) is -3.61. The van der Waals surface area contributed by atoms with E-state index in [1.165, 1.54) is 19.1 Å². The second-order valence-electron chi connectivity index (χ2n) is 8.84. The predicted molar refractivity (Wildman–Crippen MR) is 126 cm³/mol. The van der Waals surface area contributed by atoms with E-state index in [1.807, 2.05) is 0 Å². The number of rotatable bonds is 8. The number of likely N-dealkylation sites (tertiary alicyclic amines) is 1. The minimum Gasteiger partial charge on any atom is -0.491 e. The Hall–Kier alpha value is -2.94. The largest absolute Gasteiger partial charge is 0.491 e. The van der Waals surface area contributed by atoms with Crippen LogP contribution in [0.4, 0.5) is 10.1 Å². The van der Waals surface area contributed by atoms with E-state index in [1.54, 1.807) is 40.1 Å². The molecule has 0 N–H and O–H groups in total. The highest BCUT2D eigenvalue weighted by atomic mass is 32.2. The van der Waals surface area contributed by atoms with Crippen LogP contribution in [0.15, 0.2) is 47.4 Å². The average Bonchev–Trinajstić information content (AvgIpc) is 3.45. The molecule has 0 aliphatic carbocycles.